The van der Waals surface area contributed by atoms with Gasteiger partial charge in [-0.3, -0.25) is 14.7 Å². The summed E-state index contributed by atoms with van der Waals surface area (Å²) in [7, 11) is -4.50. The van der Waals surface area contributed by atoms with Crippen molar-refractivity contribution in [2.45, 2.75) is 24.9 Å². The van der Waals surface area contributed by atoms with Gasteiger partial charge in [-0.15, -0.1) is 0 Å². The lowest BCUT2D eigenvalue weighted by molar-refractivity contribution is -0.142. The number of nitrogens with one attached hydrogen (secondary N) is 2. The molecule has 2 heterocycles. The number of carboxylic acid groups (broad SMARTS) is 1. The Bertz CT molecular complexity index is 2010. The van der Waals surface area contributed by atoms with Crippen LogP contribution in [-0.2, 0) is 27.0 Å². The van der Waals surface area contributed by atoms with Gasteiger partial charge in [0.2, 0.25) is 5.91 Å². The number of carbonyl (C=O) groups excluding carboxylic acids is 1. The third-order valence-electron chi connectivity index (χ3n) is 7.24. The van der Waals surface area contributed by atoms with E-state index in [-0.39, 0.29) is 12.8 Å². The fourth-order valence-electron chi connectivity index (χ4n) is 5.23. The number of amides is 1. The Hall–Kier alpha value is -4.47. The van der Waals surface area contributed by atoms with Gasteiger partial charge in [-0.1, -0.05) is 60.7 Å². The molecule has 0 spiro atoms. The molecule has 0 aliphatic carbocycles. The minimum absolute atomic E-state index is 0.0236. The number of carboxylic acids is 1. The van der Waals surface area contributed by atoms with Gasteiger partial charge >= 0.3 is 13.6 Å². The average molecular weight is 587 g/mol. The van der Waals surface area contributed by atoms with E-state index in [0.29, 0.717) is 33.5 Å². The van der Waals surface area contributed by atoms with E-state index in [1.54, 1.807) is 24.3 Å². The van der Waals surface area contributed by atoms with Gasteiger partial charge in [0.15, 0.2) is 0 Å². The van der Waals surface area contributed by atoms with E-state index in [4.69, 9.17) is 8.83 Å². The summed E-state index contributed by atoms with van der Waals surface area (Å²) in [5, 5.41) is 18.8. The third kappa shape index (κ3) is 5.79. The smallest absolute Gasteiger partial charge is 0.339 e. The molecule has 6 aromatic rings. The highest BCUT2D eigenvalue weighted by Crippen LogP contribution is 2.33. The lowest BCUT2D eigenvalue weighted by atomic mass is 10.0. The van der Waals surface area contributed by atoms with E-state index < -0.39 is 37.8 Å². The third-order valence-corrected chi connectivity index (χ3v) is 7.84. The van der Waals surface area contributed by atoms with Crippen LogP contribution in [0.1, 0.15) is 11.1 Å². The molecule has 0 radical (unpaired) electrons. The van der Waals surface area contributed by atoms with Gasteiger partial charge in [0.25, 0.3) is 0 Å². The first-order valence-electron chi connectivity index (χ1n) is 13.3. The minimum atomic E-state index is -4.50. The molecule has 0 aliphatic heterocycles. The van der Waals surface area contributed by atoms with Crippen molar-refractivity contribution in [3.8, 4) is 0 Å². The average Bonchev–Trinajstić information content (AvgIpc) is 3.51. The van der Waals surface area contributed by atoms with Crippen LogP contribution in [-0.4, -0.2) is 45.1 Å². The Morgan fingerprint density at radius 1 is 0.690 bits per heavy atom. The largest absolute Gasteiger partial charge is 0.480 e. The first-order valence-corrected chi connectivity index (χ1v) is 15.1. The highest BCUT2D eigenvalue weighted by Gasteiger charge is 2.28. The van der Waals surface area contributed by atoms with Gasteiger partial charge in [-0.2, -0.15) is 0 Å². The number of fused-ring (bicyclic) bond motifs is 6. The van der Waals surface area contributed by atoms with Crippen LogP contribution in [0.4, 0.5) is 0 Å². The van der Waals surface area contributed by atoms with E-state index in [1.807, 2.05) is 60.7 Å². The molecule has 5 N–H and O–H groups in total. The van der Waals surface area contributed by atoms with E-state index in [9.17, 15) is 29.0 Å². The number of aliphatic carboxylic acids is 1. The monoisotopic (exact) mass is 586 g/mol. The highest BCUT2D eigenvalue weighted by molar-refractivity contribution is 7.51. The van der Waals surface area contributed by atoms with Crippen molar-refractivity contribution in [2.24, 2.45) is 0 Å². The maximum Gasteiger partial charge on any atom is 0.339 e. The molecular formula is C31H27N2O8P. The van der Waals surface area contributed by atoms with Crippen LogP contribution >= 0.6 is 7.60 Å². The summed E-state index contributed by atoms with van der Waals surface area (Å²) in [5.74, 6) is -1.95. The molecule has 11 heteroatoms. The van der Waals surface area contributed by atoms with Gasteiger partial charge in [0.1, 0.15) is 28.4 Å². The summed E-state index contributed by atoms with van der Waals surface area (Å²) < 4.78 is 23.4. The van der Waals surface area contributed by atoms with Crippen molar-refractivity contribution in [3.63, 3.8) is 0 Å². The second-order valence-corrected chi connectivity index (χ2v) is 11.9. The summed E-state index contributed by atoms with van der Waals surface area (Å²) in [6.45, 7) is 0. The number of carbonyl (C=O) groups is 2. The van der Waals surface area contributed by atoms with Crippen molar-refractivity contribution >= 4 is 63.3 Å². The van der Waals surface area contributed by atoms with E-state index in [0.717, 1.165) is 21.5 Å². The second-order valence-electron chi connectivity index (χ2n) is 10.2. The molecule has 0 aliphatic rings. The molecule has 2 atom stereocenters. The Morgan fingerprint density at radius 2 is 1.17 bits per heavy atom. The zero-order valence-electron chi connectivity index (χ0n) is 22.2. The molecule has 42 heavy (non-hydrogen) atoms. The summed E-state index contributed by atoms with van der Waals surface area (Å²) in [4.78, 5) is 44.4. The quantitative estimate of drug-likeness (QED) is 0.140. The summed E-state index contributed by atoms with van der Waals surface area (Å²) in [5.41, 5.74) is 3.95. The summed E-state index contributed by atoms with van der Waals surface area (Å²) >= 11 is 0. The Kier molecular flexibility index (Phi) is 7.30. The van der Waals surface area contributed by atoms with Crippen molar-refractivity contribution in [1.82, 2.24) is 10.6 Å². The Morgan fingerprint density at radius 3 is 1.67 bits per heavy atom. The topological polar surface area (TPSA) is 162 Å². The maximum atomic E-state index is 13.4. The van der Waals surface area contributed by atoms with E-state index in [1.165, 1.54) is 0 Å². The van der Waals surface area contributed by atoms with Crippen LogP contribution in [0.2, 0.25) is 0 Å². The normalized spacial score (nSPS) is 13.6. The summed E-state index contributed by atoms with van der Waals surface area (Å²) in [6, 6.07) is 23.6. The molecule has 10 nitrogen and oxygen atoms in total. The standard InChI is InChI=1S/C31H27N2O8P/c34-30(33-25(31(35)36)14-19-10-12-23-21-6-2-4-8-27(21)41-29(23)16-19)24(32-17-42(37,38)39)13-18-9-11-22-20-5-1-3-7-26(20)40-28(22)15-18/h1-12,15-16,24-25,32H,13-14,17H2,(H,33,34)(H,35,36)(H2,37,38,39)/t24-,25-/m0/s1. The summed E-state index contributed by atoms with van der Waals surface area (Å²) in [6.07, 6.45) is -0.737. The molecule has 0 fully saturated rings. The fraction of sp³-hybridized carbons (Fsp3) is 0.161. The van der Waals surface area contributed by atoms with Gasteiger partial charge in [-0.25, -0.2) is 4.79 Å². The Labute approximate surface area is 239 Å². The van der Waals surface area contributed by atoms with Gasteiger partial charge in [0, 0.05) is 28.0 Å². The van der Waals surface area contributed by atoms with Crippen LogP contribution in [0.25, 0.3) is 43.9 Å². The molecule has 0 bridgehead atoms. The van der Waals surface area contributed by atoms with Crippen LogP contribution in [0, 0.1) is 0 Å². The van der Waals surface area contributed by atoms with Crippen LogP contribution in [0.5, 0.6) is 0 Å². The molecule has 0 unspecified atom stereocenters. The van der Waals surface area contributed by atoms with Crippen molar-refractivity contribution in [2.75, 3.05) is 6.29 Å². The molecule has 2 aromatic heterocycles. The Balaban J connectivity index is 1.23. The maximum absolute atomic E-state index is 13.4. The number of hydrogen-bond acceptors (Lipinski definition) is 6. The highest BCUT2D eigenvalue weighted by atomic mass is 31.2. The predicted octanol–water partition coefficient (Wildman–Crippen LogP) is 4.93. The predicted molar refractivity (Wildman–Crippen MR) is 158 cm³/mol. The molecule has 1 amide bonds. The van der Waals surface area contributed by atoms with E-state index >= 15 is 0 Å². The molecule has 0 saturated carbocycles. The van der Waals surface area contributed by atoms with Crippen molar-refractivity contribution < 1.29 is 37.9 Å². The first kappa shape index (κ1) is 27.7. The number of para-hydroxylation sites is 2. The molecule has 4 aromatic carbocycles. The van der Waals surface area contributed by atoms with Crippen LogP contribution in [0.15, 0.2) is 93.8 Å². The second kappa shape index (κ2) is 11.1. The lowest BCUT2D eigenvalue weighted by Crippen LogP contribution is -2.52. The van der Waals surface area contributed by atoms with Gasteiger partial charge in [-0.05, 0) is 41.8 Å². The van der Waals surface area contributed by atoms with Crippen molar-refractivity contribution in [3.05, 3.63) is 96.1 Å². The van der Waals surface area contributed by atoms with Crippen LogP contribution < -0.4 is 10.6 Å². The first-order chi connectivity index (χ1) is 20.1. The van der Waals surface area contributed by atoms with Gasteiger partial charge < -0.3 is 29.0 Å². The zero-order valence-corrected chi connectivity index (χ0v) is 23.1. The molecule has 214 valence electrons. The molecular weight excluding hydrogens is 559 g/mol. The van der Waals surface area contributed by atoms with Crippen LogP contribution in [0.3, 0.4) is 0 Å². The SMILES string of the molecule is O=C(O)[C@H](Cc1ccc2c(c1)oc1ccccc12)NC(=O)[C@H](Cc1ccc2c(c1)oc1ccccc12)NCP(=O)(O)O. The molecule has 0 saturated heterocycles. The minimum Gasteiger partial charge on any atom is -0.480 e. The van der Waals surface area contributed by atoms with Gasteiger partial charge in [0.05, 0.1) is 12.3 Å². The number of furan rings is 2. The van der Waals surface area contributed by atoms with E-state index in [2.05, 4.69) is 10.6 Å². The lowest BCUT2D eigenvalue weighted by Gasteiger charge is -2.22. The number of benzene rings is 4. The zero-order chi connectivity index (χ0) is 29.4. The van der Waals surface area contributed by atoms with Crippen molar-refractivity contribution in [1.29, 1.82) is 0 Å². The number of rotatable bonds is 10. The molecule has 6 rings (SSSR count). The fourth-order valence-corrected chi connectivity index (χ4v) is 5.68. The number of hydrogen-bond donors (Lipinski definition) is 5.